The second-order valence-corrected chi connectivity index (χ2v) is 14.8. The van der Waals surface area contributed by atoms with Crippen LogP contribution in [0.3, 0.4) is 0 Å². The highest BCUT2D eigenvalue weighted by atomic mass is 31.2. The lowest BCUT2D eigenvalue weighted by Gasteiger charge is -2.37. The van der Waals surface area contributed by atoms with Gasteiger partial charge < -0.3 is 28.0 Å². The Balaban J connectivity index is 1.56. The summed E-state index contributed by atoms with van der Waals surface area (Å²) in [5, 5.41) is 9.26. The Hall–Kier alpha value is -4.34. The Bertz CT molecular complexity index is 1870. The minimum atomic E-state index is -1.68. The van der Waals surface area contributed by atoms with E-state index in [-0.39, 0.29) is 31.7 Å². The topological polar surface area (TPSA) is 137 Å². The van der Waals surface area contributed by atoms with E-state index in [2.05, 4.69) is 43.4 Å². The van der Waals surface area contributed by atoms with Crippen LogP contribution in [0.1, 0.15) is 69.0 Å². The van der Waals surface area contributed by atoms with Crippen LogP contribution in [0.2, 0.25) is 0 Å². The largest absolute Gasteiger partial charge is 0.497 e. The van der Waals surface area contributed by atoms with E-state index in [0.717, 1.165) is 16.7 Å². The van der Waals surface area contributed by atoms with Crippen LogP contribution < -0.4 is 20.7 Å². The third-order valence-electron chi connectivity index (χ3n) is 9.11. The zero-order chi connectivity index (χ0) is 38.1. The molecule has 282 valence electrons. The Morgan fingerprint density at radius 3 is 2.02 bits per heavy atom. The van der Waals surface area contributed by atoms with Gasteiger partial charge in [-0.2, -0.15) is 5.26 Å². The summed E-state index contributed by atoms with van der Waals surface area (Å²) in [4.78, 5) is 28.1. The smallest absolute Gasteiger partial charge is 0.330 e. The standard InChI is InChI=1S/C40H49N4O8P/c1-27(2)44(28(3)4)53(50-23-11-22-41)52-36-24-35(51-38(36)43-25-29(5)37(45)42-39(43)46)26-49-40(30-12-9-8-10-13-30,31-14-18-33(47-6)19-15-31)32-16-20-34(48-7)21-17-32/h8-10,12-21,25,27-28,35-36,38H,11,23-24,26H2,1-7H3,(H,42,45,46). The normalized spacial score (nSPS) is 18.0. The molecule has 4 unspecified atom stereocenters. The number of aromatic nitrogens is 2. The number of nitrogens with one attached hydrogen (secondary N) is 1. The summed E-state index contributed by atoms with van der Waals surface area (Å²) < 4.78 is 41.4. The fourth-order valence-corrected chi connectivity index (χ4v) is 8.37. The third-order valence-corrected chi connectivity index (χ3v) is 11.3. The number of nitrogens with zero attached hydrogens (tertiary/aromatic N) is 3. The van der Waals surface area contributed by atoms with Gasteiger partial charge in [0, 0.05) is 30.3 Å². The minimum absolute atomic E-state index is 0.0571. The van der Waals surface area contributed by atoms with Crippen molar-refractivity contribution in [2.24, 2.45) is 0 Å². The average molecular weight is 745 g/mol. The number of methoxy groups -OCH3 is 2. The van der Waals surface area contributed by atoms with Gasteiger partial charge in [-0.1, -0.05) is 54.6 Å². The molecule has 53 heavy (non-hydrogen) atoms. The molecule has 0 spiro atoms. The SMILES string of the molecule is COc1ccc(C(OCC2CC(OP(OCCC#N)N(C(C)C)C(C)C)C(n3cc(C)c(=O)[nH]c3=O)O2)(c2ccccc2)c2ccc(OC)cc2)cc1. The molecule has 4 atom stereocenters. The van der Waals surface area contributed by atoms with Gasteiger partial charge in [0.25, 0.3) is 14.1 Å². The molecule has 1 aromatic heterocycles. The van der Waals surface area contributed by atoms with Crippen LogP contribution in [-0.4, -0.2) is 65.9 Å². The van der Waals surface area contributed by atoms with Crippen molar-refractivity contribution in [3.63, 3.8) is 0 Å². The van der Waals surface area contributed by atoms with E-state index in [0.29, 0.717) is 23.5 Å². The quantitative estimate of drug-likeness (QED) is 0.0697. The van der Waals surface area contributed by atoms with E-state index in [1.54, 1.807) is 21.1 Å². The maximum Gasteiger partial charge on any atom is 0.330 e. The average Bonchev–Trinajstić information content (AvgIpc) is 3.56. The number of hydrogen-bond acceptors (Lipinski definition) is 10. The molecule has 0 bridgehead atoms. The molecule has 13 heteroatoms. The fraction of sp³-hybridized carbons (Fsp3) is 0.425. The van der Waals surface area contributed by atoms with Gasteiger partial charge in [-0.25, -0.2) is 9.46 Å². The lowest BCUT2D eigenvalue weighted by molar-refractivity contribution is -0.0863. The molecule has 1 aliphatic heterocycles. The van der Waals surface area contributed by atoms with E-state index in [1.165, 1.54) is 10.8 Å². The Labute approximate surface area is 312 Å². The lowest BCUT2D eigenvalue weighted by atomic mass is 9.80. The Morgan fingerprint density at radius 1 is 0.925 bits per heavy atom. The number of H-pyrrole nitrogens is 1. The number of aryl methyl sites for hydroxylation is 1. The molecule has 0 radical (unpaired) electrons. The van der Waals surface area contributed by atoms with E-state index >= 15 is 0 Å². The van der Waals surface area contributed by atoms with Gasteiger partial charge >= 0.3 is 5.69 Å². The van der Waals surface area contributed by atoms with Gasteiger partial charge in [0.2, 0.25) is 0 Å². The second-order valence-electron chi connectivity index (χ2n) is 13.4. The van der Waals surface area contributed by atoms with Crippen molar-refractivity contribution >= 4 is 8.53 Å². The summed E-state index contributed by atoms with van der Waals surface area (Å²) in [5.41, 5.74) is 0.793. The summed E-state index contributed by atoms with van der Waals surface area (Å²) in [5.74, 6) is 1.42. The summed E-state index contributed by atoms with van der Waals surface area (Å²) in [6, 6.07) is 27.8. The van der Waals surface area contributed by atoms with Crippen LogP contribution >= 0.6 is 8.53 Å². The maximum absolute atomic E-state index is 13.3. The first-order chi connectivity index (χ1) is 25.5. The predicted molar refractivity (Wildman–Crippen MR) is 203 cm³/mol. The van der Waals surface area contributed by atoms with Gasteiger partial charge in [-0.15, -0.1) is 0 Å². The molecular weight excluding hydrogens is 695 g/mol. The van der Waals surface area contributed by atoms with Crippen molar-refractivity contribution in [3.8, 4) is 17.6 Å². The predicted octanol–water partition coefficient (Wildman–Crippen LogP) is 6.82. The summed E-state index contributed by atoms with van der Waals surface area (Å²) in [6.07, 6.45) is -0.0971. The zero-order valence-corrected chi connectivity index (χ0v) is 32.2. The van der Waals surface area contributed by atoms with Crippen molar-refractivity contribution in [3.05, 3.63) is 128 Å². The number of hydrogen-bond donors (Lipinski definition) is 1. The van der Waals surface area contributed by atoms with Crippen molar-refractivity contribution in [1.29, 1.82) is 5.26 Å². The molecule has 0 amide bonds. The molecule has 1 aliphatic rings. The highest BCUT2D eigenvalue weighted by molar-refractivity contribution is 7.44. The molecule has 5 rings (SSSR count). The monoisotopic (exact) mass is 744 g/mol. The third kappa shape index (κ3) is 9.07. The molecule has 2 heterocycles. The fourth-order valence-electron chi connectivity index (χ4n) is 6.64. The van der Waals surface area contributed by atoms with Crippen LogP contribution in [-0.2, 0) is 24.1 Å². The molecule has 0 saturated carbocycles. The first kappa shape index (κ1) is 39.9. The van der Waals surface area contributed by atoms with E-state index in [1.807, 2.05) is 78.9 Å². The van der Waals surface area contributed by atoms with Crippen molar-refractivity contribution in [2.45, 2.75) is 83.6 Å². The summed E-state index contributed by atoms with van der Waals surface area (Å²) in [7, 11) is 1.57. The first-order valence-corrected chi connectivity index (χ1v) is 18.9. The van der Waals surface area contributed by atoms with Gasteiger partial charge in [0.05, 0.1) is 46.0 Å². The van der Waals surface area contributed by atoms with Crippen molar-refractivity contribution in [1.82, 2.24) is 14.2 Å². The summed E-state index contributed by atoms with van der Waals surface area (Å²) >= 11 is 0. The number of rotatable bonds is 17. The number of benzene rings is 3. The molecule has 1 saturated heterocycles. The zero-order valence-electron chi connectivity index (χ0n) is 31.4. The minimum Gasteiger partial charge on any atom is -0.497 e. The van der Waals surface area contributed by atoms with Gasteiger partial charge in [-0.05, 0) is 75.6 Å². The Morgan fingerprint density at radius 2 is 1.49 bits per heavy atom. The van der Waals surface area contributed by atoms with Crippen molar-refractivity contribution in [2.75, 3.05) is 27.4 Å². The lowest BCUT2D eigenvalue weighted by Crippen LogP contribution is -2.38. The van der Waals surface area contributed by atoms with Gasteiger partial charge in [0.1, 0.15) is 23.2 Å². The first-order valence-electron chi connectivity index (χ1n) is 17.7. The molecule has 1 fully saturated rings. The van der Waals surface area contributed by atoms with Crippen LogP contribution in [0.25, 0.3) is 0 Å². The van der Waals surface area contributed by atoms with Gasteiger partial charge in [-0.3, -0.25) is 14.3 Å². The van der Waals surface area contributed by atoms with Crippen LogP contribution in [0.15, 0.2) is 94.6 Å². The number of nitriles is 1. The number of ether oxygens (including phenoxy) is 4. The van der Waals surface area contributed by atoms with Gasteiger partial charge in [0.15, 0.2) is 6.23 Å². The van der Waals surface area contributed by atoms with Crippen LogP contribution in [0.4, 0.5) is 0 Å². The molecule has 0 aliphatic carbocycles. The molecule has 3 aromatic carbocycles. The molecular formula is C40H49N4O8P. The van der Waals surface area contributed by atoms with Crippen molar-refractivity contribution < 1.29 is 28.0 Å². The number of aromatic amines is 1. The van der Waals surface area contributed by atoms with Crippen LogP contribution in [0.5, 0.6) is 11.5 Å². The molecule has 4 aromatic rings. The molecule has 1 N–H and O–H groups in total. The van der Waals surface area contributed by atoms with E-state index in [4.69, 9.17) is 28.0 Å². The maximum atomic E-state index is 13.3. The van der Waals surface area contributed by atoms with Crippen LogP contribution in [0, 0.1) is 18.3 Å². The highest BCUT2D eigenvalue weighted by Gasteiger charge is 2.45. The molecule has 12 nitrogen and oxygen atoms in total. The van der Waals surface area contributed by atoms with E-state index < -0.39 is 43.8 Å². The highest BCUT2D eigenvalue weighted by Crippen LogP contribution is 2.51. The Kier molecular flexibility index (Phi) is 13.6. The second kappa shape index (κ2) is 18.1. The van der Waals surface area contributed by atoms with E-state index in [9.17, 15) is 14.9 Å². The summed E-state index contributed by atoms with van der Waals surface area (Å²) in [6.45, 7) is 10.2.